The van der Waals surface area contributed by atoms with Crippen molar-refractivity contribution >= 4 is 39.1 Å². The van der Waals surface area contributed by atoms with Crippen LogP contribution in [0.5, 0.6) is 0 Å². The lowest BCUT2D eigenvalue weighted by Gasteiger charge is -2.32. The van der Waals surface area contributed by atoms with Crippen molar-refractivity contribution < 1.29 is 18.0 Å². The van der Waals surface area contributed by atoms with Crippen molar-refractivity contribution in [2.75, 3.05) is 23.7 Å². The average molecular weight is 612 g/mol. The summed E-state index contributed by atoms with van der Waals surface area (Å²) in [7, 11) is -3.63. The number of benzene rings is 3. The van der Waals surface area contributed by atoms with Gasteiger partial charge in [0.15, 0.2) is 0 Å². The molecule has 0 heterocycles. The van der Waals surface area contributed by atoms with Crippen molar-refractivity contribution in [1.82, 2.24) is 10.2 Å². The van der Waals surface area contributed by atoms with Gasteiger partial charge in [-0.25, -0.2) is 8.42 Å². The molecule has 0 fully saturated rings. The number of anilines is 1. The van der Waals surface area contributed by atoms with E-state index < -0.39 is 16.1 Å². The van der Waals surface area contributed by atoms with E-state index >= 15 is 0 Å². The molecular formula is C33H42ClN3O4S. The second-order valence-corrected chi connectivity index (χ2v) is 12.9. The van der Waals surface area contributed by atoms with Crippen molar-refractivity contribution in [3.63, 3.8) is 0 Å². The van der Waals surface area contributed by atoms with Crippen LogP contribution in [0.25, 0.3) is 0 Å². The van der Waals surface area contributed by atoms with Gasteiger partial charge in [-0.3, -0.25) is 13.9 Å². The Labute approximate surface area is 255 Å². The van der Waals surface area contributed by atoms with E-state index in [4.69, 9.17) is 11.6 Å². The predicted molar refractivity (Wildman–Crippen MR) is 171 cm³/mol. The molecule has 9 heteroatoms. The number of halogens is 1. The number of sulfonamides is 1. The molecule has 42 heavy (non-hydrogen) atoms. The normalized spacial score (nSPS) is 12.0. The minimum Gasteiger partial charge on any atom is -0.354 e. The summed E-state index contributed by atoms with van der Waals surface area (Å²) in [6, 6.07) is 21.9. The Bertz CT molecular complexity index is 1450. The third-order valence-electron chi connectivity index (χ3n) is 7.36. The number of rotatable bonds is 15. The van der Waals surface area contributed by atoms with Crippen LogP contribution in [0.15, 0.2) is 72.8 Å². The maximum absolute atomic E-state index is 14.0. The van der Waals surface area contributed by atoms with Crippen LogP contribution in [0, 0.1) is 13.8 Å². The van der Waals surface area contributed by atoms with Gasteiger partial charge in [0, 0.05) is 37.5 Å². The monoisotopic (exact) mass is 611 g/mol. The highest BCUT2D eigenvalue weighted by molar-refractivity contribution is 7.92. The maximum Gasteiger partial charge on any atom is 0.243 e. The van der Waals surface area contributed by atoms with E-state index in [9.17, 15) is 18.0 Å². The van der Waals surface area contributed by atoms with Gasteiger partial charge in [-0.05, 0) is 61.1 Å². The van der Waals surface area contributed by atoms with Crippen molar-refractivity contribution in [1.29, 1.82) is 0 Å². The van der Waals surface area contributed by atoms with Crippen LogP contribution in [0.4, 0.5) is 5.69 Å². The zero-order valence-electron chi connectivity index (χ0n) is 25.0. The first-order valence-corrected chi connectivity index (χ1v) is 16.6. The van der Waals surface area contributed by atoms with Crippen LogP contribution < -0.4 is 9.62 Å². The van der Waals surface area contributed by atoms with Crippen LogP contribution >= 0.6 is 11.6 Å². The summed E-state index contributed by atoms with van der Waals surface area (Å²) in [6.45, 7) is 6.74. The largest absolute Gasteiger partial charge is 0.354 e. The van der Waals surface area contributed by atoms with Crippen molar-refractivity contribution in [3.05, 3.63) is 100 Å². The Kier molecular flexibility index (Phi) is 12.4. The van der Waals surface area contributed by atoms with E-state index in [-0.39, 0.29) is 37.7 Å². The quantitative estimate of drug-likeness (QED) is 0.212. The van der Waals surface area contributed by atoms with E-state index in [0.29, 0.717) is 29.2 Å². The van der Waals surface area contributed by atoms with Gasteiger partial charge < -0.3 is 10.2 Å². The highest BCUT2D eigenvalue weighted by atomic mass is 35.5. The van der Waals surface area contributed by atoms with Crippen LogP contribution in [-0.4, -0.2) is 50.5 Å². The summed E-state index contributed by atoms with van der Waals surface area (Å²) in [5.74, 6) is -0.400. The fraction of sp³-hybridized carbons (Fsp3) is 0.394. The fourth-order valence-electron chi connectivity index (χ4n) is 4.88. The topological polar surface area (TPSA) is 86.8 Å². The summed E-state index contributed by atoms with van der Waals surface area (Å²) >= 11 is 6.28. The molecule has 3 rings (SSSR count). The van der Waals surface area contributed by atoms with E-state index in [1.807, 2.05) is 61.5 Å². The third kappa shape index (κ3) is 9.33. The molecule has 226 valence electrons. The van der Waals surface area contributed by atoms with Crippen molar-refractivity contribution in [2.24, 2.45) is 0 Å². The number of hydrogen-bond acceptors (Lipinski definition) is 4. The summed E-state index contributed by atoms with van der Waals surface area (Å²) in [6.07, 6.45) is 3.66. The first kappa shape index (κ1) is 33.1. The number of aryl methyl sites for hydroxylation is 1. The van der Waals surface area contributed by atoms with Gasteiger partial charge in [0.05, 0.1) is 11.9 Å². The molecule has 7 nitrogen and oxygen atoms in total. The van der Waals surface area contributed by atoms with Gasteiger partial charge in [0.1, 0.15) is 6.04 Å². The molecule has 0 radical (unpaired) electrons. The van der Waals surface area contributed by atoms with Gasteiger partial charge in [-0.1, -0.05) is 85.6 Å². The van der Waals surface area contributed by atoms with Crippen LogP contribution in [0.3, 0.4) is 0 Å². The minimum absolute atomic E-state index is 0.0744. The second kappa shape index (κ2) is 15.8. The van der Waals surface area contributed by atoms with Gasteiger partial charge in [0.25, 0.3) is 0 Å². The number of amides is 2. The molecule has 1 N–H and O–H groups in total. The minimum atomic E-state index is -3.63. The second-order valence-electron chi connectivity index (χ2n) is 10.6. The van der Waals surface area contributed by atoms with Gasteiger partial charge in [-0.15, -0.1) is 0 Å². The summed E-state index contributed by atoms with van der Waals surface area (Å²) in [5, 5.41) is 3.51. The third-order valence-corrected chi connectivity index (χ3v) is 8.95. The Balaban J connectivity index is 1.90. The zero-order chi connectivity index (χ0) is 30.7. The van der Waals surface area contributed by atoms with Gasteiger partial charge in [-0.2, -0.15) is 0 Å². The van der Waals surface area contributed by atoms with Gasteiger partial charge >= 0.3 is 0 Å². The molecule has 0 spiro atoms. The zero-order valence-corrected chi connectivity index (χ0v) is 26.5. The number of nitrogens with one attached hydrogen (secondary N) is 1. The molecule has 0 aliphatic carbocycles. The lowest BCUT2D eigenvalue weighted by molar-refractivity contribution is -0.141. The first-order chi connectivity index (χ1) is 20.0. The van der Waals surface area contributed by atoms with Crippen LogP contribution in [-0.2, 0) is 32.6 Å². The molecule has 1 atom stereocenters. The lowest BCUT2D eigenvalue weighted by atomic mass is 10.0. The molecule has 0 saturated heterocycles. The number of unbranched alkanes of at least 4 members (excludes halogenated alkanes) is 1. The molecule has 3 aromatic carbocycles. The highest BCUT2D eigenvalue weighted by Crippen LogP contribution is 2.28. The van der Waals surface area contributed by atoms with E-state index in [1.54, 1.807) is 30.0 Å². The molecule has 0 aliphatic heterocycles. The summed E-state index contributed by atoms with van der Waals surface area (Å²) < 4.78 is 26.8. The molecule has 0 aliphatic rings. The Morgan fingerprint density at radius 2 is 1.62 bits per heavy atom. The molecule has 0 unspecified atom stereocenters. The SMILES string of the molecule is CCCCNC(=O)[C@H](Cc1ccccc1)N(Cc1ccccc1C)C(=O)CCCN(c1cccc(Cl)c1C)S(C)(=O)=O. The van der Waals surface area contributed by atoms with Crippen molar-refractivity contribution in [3.8, 4) is 0 Å². The maximum atomic E-state index is 14.0. The van der Waals surface area contributed by atoms with Crippen LogP contribution in [0.1, 0.15) is 54.9 Å². The molecule has 3 aromatic rings. The Morgan fingerprint density at radius 3 is 2.29 bits per heavy atom. The average Bonchev–Trinajstić information content (AvgIpc) is 2.95. The van der Waals surface area contributed by atoms with E-state index in [0.717, 1.165) is 35.8 Å². The highest BCUT2D eigenvalue weighted by Gasteiger charge is 2.31. The van der Waals surface area contributed by atoms with Crippen molar-refractivity contribution in [2.45, 2.75) is 65.5 Å². The molecular weight excluding hydrogens is 570 g/mol. The summed E-state index contributed by atoms with van der Waals surface area (Å²) in [4.78, 5) is 29.2. The fourth-order valence-corrected chi connectivity index (χ4v) is 6.07. The predicted octanol–water partition coefficient (Wildman–Crippen LogP) is 6.06. The standard InChI is InChI=1S/C33H42ClN3O4S/c1-5-6-21-35-33(39)31(23-27-15-8-7-9-16-27)36(24-28-17-11-10-14-25(28)2)32(38)20-13-22-37(42(4,40)41)30-19-12-18-29(34)26(30)3/h7-12,14-19,31H,5-6,13,20-24H2,1-4H3,(H,35,39)/t31-/m0/s1. The van der Waals surface area contributed by atoms with E-state index in [1.165, 1.54) is 4.31 Å². The number of carbonyl (C=O) groups is 2. The molecule has 0 saturated carbocycles. The first-order valence-electron chi connectivity index (χ1n) is 14.4. The Hall–Kier alpha value is -3.36. The van der Waals surface area contributed by atoms with E-state index in [2.05, 4.69) is 12.2 Å². The molecule has 0 aromatic heterocycles. The molecule has 2 amide bonds. The Morgan fingerprint density at radius 1 is 0.929 bits per heavy atom. The number of carbonyl (C=O) groups excluding carboxylic acids is 2. The van der Waals surface area contributed by atoms with Crippen LogP contribution in [0.2, 0.25) is 5.02 Å². The number of hydrogen-bond donors (Lipinski definition) is 1. The lowest BCUT2D eigenvalue weighted by Crippen LogP contribution is -2.50. The smallest absolute Gasteiger partial charge is 0.243 e. The summed E-state index contributed by atoms with van der Waals surface area (Å²) in [5.41, 5.74) is 4.09. The molecule has 0 bridgehead atoms. The number of nitrogens with zero attached hydrogens (tertiary/aromatic N) is 2. The van der Waals surface area contributed by atoms with Gasteiger partial charge in [0.2, 0.25) is 21.8 Å².